The van der Waals surface area contributed by atoms with Crippen LogP contribution < -0.4 is 10.1 Å². The molecule has 0 aliphatic carbocycles. The maximum Gasteiger partial charge on any atom is 0.255 e. The first-order chi connectivity index (χ1) is 13.1. The molecule has 3 aromatic rings. The molecule has 0 bridgehead atoms. The van der Waals surface area contributed by atoms with Crippen LogP contribution in [0.15, 0.2) is 54.7 Å². The molecule has 0 radical (unpaired) electrons. The molecule has 1 unspecified atom stereocenters. The summed E-state index contributed by atoms with van der Waals surface area (Å²) in [6.07, 6.45) is 0.530. The highest BCUT2D eigenvalue weighted by Gasteiger charge is 2.16. The van der Waals surface area contributed by atoms with Crippen molar-refractivity contribution in [3.8, 4) is 17.0 Å². The Morgan fingerprint density at radius 3 is 2.74 bits per heavy atom. The van der Waals surface area contributed by atoms with Gasteiger partial charge in [-0.15, -0.1) is 0 Å². The molecule has 8 heteroatoms. The molecule has 3 N–H and O–H groups in total. The predicted octanol–water partition coefficient (Wildman–Crippen LogP) is 3.55. The summed E-state index contributed by atoms with van der Waals surface area (Å²) < 4.78 is 5.46. The minimum Gasteiger partial charge on any atom is -0.489 e. The highest BCUT2D eigenvalue weighted by Crippen LogP contribution is 2.31. The number of aromatic amines is 1. The van der Waals surface area contributed by atoms with Crippen molar-refractivity contribution in [3.63, 3.8) is 0 Å². The van der Waals surface area contributed by atoms with Gasteiger partial charge in [-0.1, -0.05) is 59.6 Å². The molecule has 0 fully saturated rings. The Hall–Kier alpha value is -2.54. The molecule has 0 aliphatic heterocycles. The second kappa shape index (κ2) is 8.90. The maximum absolute atomic E-state index is 12.4. The minimum atomic E-state index is -0.920. The van der Waals surface area contributed by atoms with E-state index < -0.39 is 6.10 Å². The molecule has 0 spiro atoms. The third-order valence-corrected chi connectivity index (χ3v) is 4.59. The average molecular weight is 406 g/mol. The third-order valence-electron chi connectivity index (χ3n) is 3.79. The molecule has 140 valence electrons. The lowest BCUT2D eigenvalue weighted by atomic mass is 10.1. The first kappa shape index (κ1) is 19.2. The van der Waals surface area contributed by atoms with Crippen LogP contribution in [0.1, 0.15) is 10.4 Å². The summed E-state index contributed by atoms with van der Waals surface area (Å²) in [7, 11) is 0. The monoisotopic (exact) mass is 405 g/mol. The number of rotatable bonds is 7. The largest absolute Gasteiger partial charge is 0.489 e. The van der Waals surface area contributed by atoms with Gasteiger partial charge < -0.3 is 15.2 Å². The zero-order valence-electron chi connectivity index (χ0n) is 14.2. The SMILES string of the molecule is O=C(NCC(O)COc1cccc(Cl)c1Cl)c1cn[nH]c1-c1ccccc1. The van der Waals surface area contributed by atoms with E-state index in [1.807, 2.05) is 30.3 Å². The van der Waals surface area contributed by atoms with Crippen LogP contribution in [-0.2, 0) is 0 Å². The van der Waals surface area contributed by atoms with Gasteiger partial charge in [-0.05, 0) is 12.1 Å². The van der Waals surface area contributed by atoms with Crippen LogP contribution in [0.25, 0.3) is 11.3 Å². The van der Waals surface area contributed by atoms with Gasteiger partial charge in [0, 0.05) is 12.1 Å². The van der Waals surface area contributed by atoms with Gasteiger partial charge >= 0.3 is 0 Å². The van der Waals surface area contributed by atoms with Gasteiger partial charge in [-0.2, -0.15) is 5.10 Å². The van der Waals surface area contributed by atoms with Gasteiger partial charge in [0.05, 0.1) is 22.5 Å². The summed E-state index contributed by atoms with van der Waals surface area (Å²) in [5.74, 6) is 0.0261. The fourth-order valence-corrected chi connectivity index (χ4v) is 2.78. The number of aliphatic hydroxyl groups is 1. The highest BCUT2D eigenvalue weighted by molar-refractivity contribution is 6.42. The number of carbonyl (C=O) groups is 1. The van der Waals surface area contributed by atoms with E-state index >= 15 is 0 Å². The number of hydrogen-bond donors (Lipinski definition) is 3. The molecular formula is C19H17Cl2N3O3. The van der Waals surface area contributed by atoms with Crippen molar-refractivity contribution >= 4 is 29.1 Å². The molecule has 1 amide bonds. The Bertz CT molecular complexity index is 916. The molecule has 1 atom stereocenters. The fraction of sp³-hybridized carbons (Fsp3) is 0.158. The van der Waals surface area contributed by atoms with Crippen LogP contribution in [0.5, 0.6) is 5.75 Å². The summed E-state index contributed by atoms with van der Waals surface area (Å²) in [5, 5.41) is 20.1. The molecule has 2 aromatic carbocycles. The molecule has 1 heterocycles. The van der Waals surface area contributed by atoms with Crippen molar-refractivity contribution in [2.75, 3.05) is 13.2 Å². The Balaban J connectivity index is 1.55. The van der Waals surface area contributed by atoms with E-state index in [9.17, 15) is 9.90 Å². The molecule has 1 aromatic heterocycles. The first-order valence-corrected chi connectivity index (χ1v) is 8.93. The lowest BCUT2D eigenvalue weighted by Crippen LogP contribution is -2.35. The number of halogens is 2. The second-order valence-corrected chi connectivity index (χ2v) is 6.54. The van der Waals surface area contributed by atoms with Crippen LogP contribution in [0.2, 0.25) is 10.0 Å². The number of carbonyl (C=O) groups excluding carboxylic acids is 1. The third kappa shape index (κ3) is 4.80. The Kier molecular flexibility index (Phi) is 6.34. The van der Waals surface area contributed by atoms with Gasteiger partial charge in [0.15, 0.2) is 0 Å². The zero-order valence-corrected chi connectivity index (χ0v) is 15.7. The maximum atomic E-state index is 12.4. The first-order valence-electron chi connectivity index (χ1n) is 8.18. The normalized spacial score (nSPS) is 11.8. The Morgan fingerprint density at radius 1 is 1.19 bits per heavy atom. The van der Waals surface area contributed by atoms with E-state index in [0.717, 1.165) is 5.56 Å². The van der Waals surface area contributed by atoms with E-state index in [2.05, 4.69) is 15.5 Å². The molecular weight excluding hydrogens is 389 g/mol. The van der Waals surface area contributed by atoms with Gasteiger partial charge in [0.1, 0.15) is 23.5 Å². The number of benzene rings is 2. The Labute approximate surface area is 166 Å². The smallest absolute Gasteiger partial charge is 0.255 e. The van der Waals surface area contributed by atoms with Crippen molar-refractivity contribution in [2.24, 2.45) is 0 Å². The molecule has 27 heavy (non-hydrogen) atoms. The standard InChI is InChI=1S/C19H17Cl2N3O3/c20-15-7-4-8-16(17(15)21)27-11-13(25)9-22-19(26)14-10-23-24-18(14)12-5-2-1-3-6-12/h1-8,10,13,25H,9,11H2,(H,22,26)(H,23,24). The van der Waals surface area contributed by atoms with Crippen molar-refractivity contribution < 1.29 is 14.6 Å². The summed E-state index contributed by atoms with van der Waals surface area (Å²) in [6, 6.07) is 14.4. The van der Waals surface area contributed by atoms with Crippen LogP contribution in [0.4, 0.5) is 0 Å². The lowest BCUT2D eigenvalue weighted by molar-refractivity contribution is 0.0844. The number of hydrogen-bond acceptors (Lipinski definition) is 4. The minimum absolute atomic E-state index is 0.0103. The van der Waals surface area contributed by atoms with Crippen LogP contribution in [0.3, 0.4) is 0 Å². The number of aromatic nitrogens is 2. The Morgan fingerprint density at radius 2 is 1.96 bits per heavy atom. The van der Waals surface area contributed by atoms with Gasteiger partial charge in [0.2, 0.25) is 0 Å². The van der Waals surface area contributed by atoms with Gasteiger partial charge in [-0.3, -0.25) is 9.89 Å². The van der Waals surface area contributed by atoms with E-state index in [1.54, 1.807) is 18.2 Å². The van der Waals surface area contributed by atoms with Gasteiger partial charge in [-0.25, -0.2) is 0 Å². The topological polar surface area (TPSA) is 87.2 Å². The quantitative estimate of drug-likeness (QED) is 0.560. The fourth-order valence-electron chi connectivity index (χ4n) is 2.43. The van der Waals surface area contributed by atoms with Crippen molar-refractivity contribution in [2.45, 2.75) is 6.10 Å². The summed E-state index contributed by atoms with van der Waals surface area (Å²) in [5.41, 5.74) is 1.86. The zero-order chi connectivity index (χ0) is 19.2. The molecule has 3 rings (SSSR count). The number of H-pyrrole nitrogens is 1. The molecule has 6 nitrogen and oxygen atoms in total. The van der Waals surface area contributed by atoms with E-state index in [4.69, 9.17) is 27.9 Å². The van der Waals surface area contributed by atoms with E-state index in [1.165, 1.54) is 6.20 Å². The number of ether oxygens (including phenoxy) is 1. The highest BCUT2D eigenvalue weighted by atomic mass is 35.5. The molecule has 0 saturated heterocycles. The number of aliphatic hydroxyl groups excluding tert-OH is 1. The van der Waals surface area contributed by atoms with E-state index in [0.29, 0.717) is 22.0 Å². The second-order valence-electron chi connectivity index (χ2n) is 5.75. The van der Waals surface area contributed by atoms with E-state index in [-0.39, 0.29) is 24.1 Å². The predicted molar refractivity (Wildman–Crippen MR) is 104 cm³/mol. The summed E-state index contributed by atoms with van der Waals surface area (Å²) in [4.78, 5) is 12.4. The van der Waals surface area contributed by atoms with Crippen molar-refractivity contribution in [3.05, 3.63) is 70.3 Å². The summed E-state index contributed by atoms with van der Waals surface area (Å²) >= 11 is 11.9. The molecule has 0 aliphatic rings. The number of amides is 1. The van der Waals surface area contributed by atoms with Crippen LogP contribution in [0, 0.1) is 0 Å². The number of nitrogens with one attached hydrogen (secondary N) is 2. The summed E-state index contributed by atoms with van der Waals surface area (Å²) in [6.45, 7) is -0.0340. The van der Waals surface area contributed by atoms with Crippen molar-refractivity contribution in [1.29, 1.82) is 0 Å². The average Bonchev–Trinajstić information content (AvgIpc) is 3.18. The van der Waals surface area contributed by atoms with Crippen LogP contribution >= 0.6 is 23.2 Å². The lowest BCUT2D eigenvalue weighted by Gasteiger charge is -2.14. The van der Waals surface area contributed by atoms with Crippen molar-refractivity contribution in [1.82, 2.24) is 15.5 Å². The molecule has 0 saturated carbocycles. The van der Waals surface area contributed by atoms with Crippen LogP contribution in [-0.4, -0.2) is 40.5 Å². The number of nitrogens with zero attached hydrogens (tertiary/aromatic N) is 1. The van der Waals surface area contributed by atoms with Gasteiger partial charge in [0.25, 0.3) is 5.91 Å².